The van der Waals surface area contributed by atoms with Crippen molar-refractivity contribution in [2.45, 2.75) is 58.9 Å². The number of anilines is 1. The average molecular weight is 499 g/mol. The van der Waals surface area contributed by atoms with Crippen molar-refractivity contribution in [2.24, 2.45) is 0 Å². The van der Waals surface area contributed by atoms with E-state index in [1.54, 1.807) is 17.0 Å². The monoisotopic (exact) mass is 498 g/mol. The van der Waals surface area contributed by atoms with Crippen LogP contribution in [0, 0.1) is 0 Å². The summed E-state index contributed by atoms with van der Waals surface area (Å²) in [4.78, 5) is 27.6. The molecule has 180 valence electrons. The zero-order valence-electron chi connectivity index (χ0n) is 19.9. The fourth-order valence-electron chi connectivity index (χ4n) is 3.52. The maximum absolute atomic E-state index is 13.2. The normalized spacial score (nSPS) is 11.8. The first kappa shape index (κ1) is 25.8. The number of rotatable bonds is 11. The Morgan fingerprint density at radius 1 is 1.12 bits per heavy atom. The summed E-state index contributed by atoms with van der Waals surface area (Å²) < 4.78 is 0. The summed E-state index contributed by atoms with van der Waals surface area (Å²) in [5.74, 6) is -0.256. The Hall–Kier alpha value is -2.77. The number of carbonyl (C=O) groups excluding carboxylic acids is 2. The lowest BCUT2D eigenvalue weighted by Gasteiger charge is -2.28. The first-order valence-corrected chi connectivity index (χ1v) is 12.9. The van der Waals surface area contributed by atoms with Crippen molar-refractivity contribution in [1.29, 1.82) is 0 Å². The van der Waals surface area contributed by atoms with Crippen LogP contribution in [0.2, 0.25) is 5.02 Å². The largest absolute Gasteiger partial charge is 0.335 e. The van der Waals surface area contributed by atoms with Crippen molar-refractivity contribution in [3.05, 3.63) is 64.7 Å². The van der Waals surface area contributed by atoms with Crippen molar-refractivity contribution < 1.29 is 9.59 Å². The molecule has 1 N–H and O–H groups in total. The highest BCUT2D eigenvalue weighted by Crippen LogP contribution is 2.28. The number of hydrogen-bond acceptors (Lipinski definition) is 5. The molecule has 0 saturated heterocycles. The SMILES string of the molecule is CCCCc1ccc(C(=O)N(CCC(=O)Nc2nnc(-c3cccc(Cl)c3)s2)[C@H](C)CC)cc1. The molecule has 0 spiro atoms. The topological polar surface area (TPSA) is 75.2 Å². The molecular formula is C26H31ClN4O2S. The number of aromatic nitrogens is 2. The van der Waals surface area contributed by atoms with Crippen molar-refractivity contribution in [2.75, 3.05) is 11.9 Å². The predicted molar refractivity (Wildman–Crippen MR) is 139 cm³/mol. The van der Waals surface area contributed by atoms with Crippen molar-refractivity contribution in [1.82, 2.24) is 15.1 Å². The third-order valence-electron chi connectivity index (χ3n) is 5.73. The fraction of sp³-hybridized carbons (Fsp3) is 0.385. The van der Waals surface area contributed by atoms with Crippen LogP contribution in [0.25, 0.3) is 10.6 Å². The summed E-state index contributed by atoms with van der Waals surface area (Å²) in [7, 11) is 0. The van der Waals surface area contributed by atoms with E-state index in [-0.39, 0.29) is 24.3 Å². The number of amides is 2. The molecule has 3 aromatic rings. The van der Waals surface area contributed by atoms with Gasteiger partial charge in [-0.25, -0.2) is 0 Å². The summed E-state index contributed by atoms with van der Waals surface area (Å²) in [5.41, 5.74) is 2.73. The van der Waals surface area contributed by atoms with Crippen molar-refractivity contribution in [3.8, 4) is 10.6 Å². The zero-order valence-corrected chi connectivity index (χ0v) is 21.5. The van der Waals surface area contributed by atoms with Gasteiger partial charge in [-0.3, -0.25) is 9.59 Å². The summed E-state index contributed by atoms with van der Waals surface area (Å²) in [5, 5.41) is 12.7. The van der Waals surface area contributed by atoms with Gasteiger partial charge in [-0.05, 0) is 56.0 Å². The Morgan fingerprint density at radius 2 is 1.88 bits per heavy atom. The Bertz CT molecular complexity index is 1100. The highest BCUT2D eigenvalue weighted by Gasteiger charge is 2.22. The molecular weight excluding hydrogens is 468 g/mol. The second-order valence-corrected chi connectivity index (χ2v) is 9.69. The molecule has 2 amide bonds. The first-order valence-electron chi connectivity index (χ1n) is 11.7. The molecule has 0 aliphatic heterocycles. The van der Waals surface area contributed by atoms with Crippen LogP contribution in [0.4, 0.5) is 5.13 Å². The fourth-order valence-corrected chi connectivity index (χ4v) is 4.47. The van der Waals surface area contributed by atoms with Crippen LogP contribution in [0.5, 0.6) is 0 Å². The molecule has 1 atom stereocenters. The molecule has 1 heterocycles. The zero-order chi connectivity index (χ0) is 24.5. The first-order chi connectivity index (χ1) is 16.4. The molecule has 0 bridgehead atoms. The molecule has 6 nitrogen and oxygen atoms in total. The molecule has 0 unspecified atom stereocenters. The molecule has 0 radical (unpaired) electrons. The van der Waals surface area contributed by atoms with Gasteiger partial charge in [0.05, 0.1) is 0 Å². The Kier molecular flexibility index (Phi) is 9.60. The number of nitrogens with zero attached hydrogens (tertiary/aromatic N) is 3. The molecule has 2 aromatic carbocycles. The van der Waals surface area contributed by atoms with E-state index >= 15 is 0 Å². The van der Waals surface area contributed by atoms with Gasteiger partial charge >= 0.3 is 0 Å². The van der Waals surface area contributed by atoms with E-state index in [0.29, 0.717) is 27.3 Å². The Morgan fingerprint density at radius 3 is 2.56 bits per heavy atom. The van der Waals surface area contributed by atoms with Crippen LogP contribution in [-0.2, 0) is 11.2 Å². The Labute approximate surface area is 210 Å². The maximum atomic E-state index is 13.2. The minimum absolute atomic E-state index is 0.0241. The molecule has 34 heavy (non-hydrogen) atoms. The standard InChI is InChI=1S/C26H31ClN4O2S/c1-4-6-8-19-11-13-20(14-12-19)25(33)31(18(3)5-2)16-15-23(32)28-26-30-29-24(34-26)21-9-7-10-22(27)17-21/h7,9-14,17-18H,4-6,8,15-16H2,1-3H3,(H,28,30,32)/t18-/m1/s1. The van der Waals surface area contributed by atoms with E-state index < -0.39 is 0 Å². The van der Waals surface area contributed by atoms with Gasteiger partial charge < -0.3 is 10.2 Å². The highest BCUT2D eigenvalue weighted by atomic mass is 35.5. The van der Waals surface area contributed by atoms with Gasteiger partial charge in [-0.1, -0.05) is 67.5 Å². The minimum atomic E-state index is -0.204. The van der Waals surface area contributed by atoms with Crippen LogP contribution in [-0.4, -0.2) is 39.5 Å². The van der Waals surface area contributed by atoms with E-state index in [9.17, 15) is 9.59 Å². The number of unbranched alkanes of at least 4 members (excludes halogenated alkanes) is 1. The lowest BCUT2D eigenvalue weighted by atomic mass is 10.0. The highest BCUT2D eigenvalue weighted by molar-refractivity contribution is 7.18. The van der Waals surface area contributed by atoms with Crippen molar-refractivity contribution in [3.63, 3.8) is 0 Å². The third-order valence-corrected chi connectivity index (χ3v) is 6.85. The van der Waals surface area contributed by atoms with E-state index in [0.717, 1.165) is 31.2 Å². The molecule has 3 rings (SSSR count). The molecule has 8 heteroatoms. The van der Waals surface area contributed by atoms with Crippen LogP contribution in [0.15, 0.2) is 48.5 Å². The van der Waals surface area contributed by atoms with E-state index in [1.165, 1.54) is 16.9 Å². The van der Waals surface area contributed by atoms with Gasteiger partial charge in [0.25, 0.3) is 5.91 Å². The van der Waals surface area contributed by atoms with Gasteiger partial charge in [0.2, 0.25) is 11.0 Å². The minimum Gasteiger partial charge on any atom is -0.335 e. The second-order valence-electron chi connectivity index (χ2n) is 8.28. The van der Waals surface area contributed by atoms with Crippen molar-refractivity contribution >= 4 is 39.9 Å². The van der Waals surface area contributed by atoms with E-state index in [1.807, 2.05) is 50.2 Å². The second kappa shape index (κ2) is 12.6. The van der Waals surface area contributed by atoms with Gasteiger partial charge in [0, 0.05) is 35.2 Å². The lowest BCUT2D eigenvalue weighted by molar-refractivity contribution is -0.116. The lowest BCUT2D eigenvalue weighted by Crippen LogP contribution is -2.40. The number of carbonyl (C=O) groups is 2. The number of benzene rings is 2. The van der Waals surface area contributed by atoms with E-state index in [4.69, 9.17) is 11.6 Å². The number of aryl methyl sites for hydroxylation is 1. The third kappa shape index (κ3) is 7.11. The summed E-state index contributed by atoms with van der Waals surface area (Å²) >= 11 is 7.33. The van der Waals surface area contributed by atoms with Gasteiger partial charge in [0.1, 0.15) is 5.01 Å². The molecule has 1 aromatic heterocycles. The van der Waals surface area contributed by atoms with Gasteiger partial charge in [-0.15, -0.1) is 10.2 Å². The van der Waals surface area contributed by atoms with Crippen LogP contribution >= 0.6 is 22.9 Å². The molecule has 0 saturated carbocycles. The quantitative estimate of drug-likeness (QED) is 0.328. The molecule has 0 aliphatic rings. The maximum Gasteiger partial charge on any atom is 0.254 e. The smallest absolute Gasteiger partial charge is 0.254 e. The van der Waals surface area contributed by atoms with E-state index in [2.05, 4.69) is 22.4 Å². The van der Waals surface area contributed by atoms with Gasteiger partial charge in [-0.2, -0.15) is 0 Å². The summed E-state index contributed by atoms with van der Waals surface area (Å²) in [6, 6.07) is 15.2. The van der Waals surface area contributed by atoms with Crippen LogP contribution < -0.4 is 5.32 Å². The number of nitrogens with one attached hydrogen (secondary N) is 1. The number of halogens is 1. The van der Waals surface area contributed by atoms with Crippen LogP contribution in [0.1, 0.15) is 62.4 Å². The van der Waals surface area contributed by atoms with Crippen LogP contribution in [0.3, 0.4) is 0 Å². The average Bonchev–Trinajstić information content (AvgIpc) is 3.31. The van der Waals surface area contributed by atoms with Gasteiger partial charge in [0.15, 0.2) is 0 Å². The number of hydrogen-bond donors (Lipinski definition) is 1. The Balaban J connectivity index is 1.60. The molecule has 0 fully saturated rings. The molecule has 0 aliphatic carbocycles. The predicted octanol–water partition coefficient (Wildman–Crippen LogP) is 6.47. The summed E-state index contributed by atoms with van der Waals surface area (Å²) in [6.45, 7) is 6.55. The summed E-state index contributed by atoms with van der Waals surface area (Å²) in [6.07, 6.45) is 4.28.